The highest BCUT2D eigenvalue weighted by Crippen LogP contribution is 2.27. The lowest BCUT2D eigenvalue weighted by molar-refractivity contribution is -0.0962. The summed E-state index contributed by atoms with van der Waals surface area (Å²) in [6, 6.07) is 0.988. The number of halogens is 4. The van der Waals surface area contributed by atoms with Crippen molar-refractivity contribution in [3.8, 4) is 0 Å². The molecule has 0 unspecified atom stereocenters. The second-order valence-corrected chi connectivity index (χ2v) is 2.78. The van der Waals surface area contributed by atoms with Gasteiger partial charge < -0.3 is 0 Å². The van der Waals surface area contributed by atoms with Gasteiger partial charge in [0.1, 0.15) is 5.69 Å². The van der Waals surface area contributed by atoms with Crippen LogP contribution in [-0.4, -0.2) is 27.9 Å². The molecule has 7 heteroatoms. The van der Waals surface area contributed by atoms with Gasteiger partial charge in [-0.2, -0.15) is 13.9 Å². The van der Waals surface area contributed by atoms with E-state index in [1.807, 2.05) is 0 Å². The normalized spacial score (nSPS) is 12.1. The summed E-state index contributed by atoms with van der Waals surface area (Å²) in [4.78, 5) is 11.1. The number of alkyl halides is 4. The minimum Gasteiger partial charge on any atom is -0.285 e. The molecule has 0 spiro atoms. The molecule has 0 saturated heterocycles. The van der Waals surface area contributed by atoms with Gasteiger partial charge in [0.25, 0.3) is 5.78 Å². The van der Waals surface area contributed by atoms with E-state index in [9.17, 15) is 22.4 Å². The van der Waals surface area contributed by atoms with Gasteiger partial charge in [-0.05, 0) is 13.0 Å². The molecule has 0 bridgehead atoms. The van der Waals surface area contributed by atoms with Crippen LogP contribution in [-0.2, 0) is 6.54 Å². The molecule has 1 aromatic rings. The highest BCUT2D eigenvalue weighted by atomic mass is 19.3. The van der Waals surface area contributed by atoms with Crippen molar-refractivity contribution in [3.63, 3.8) is 0 Å². The van der Waals surface area contributed by atoms with E-state index in [1.165, 1.54) is 0 Å². The maximum atomic E-state index is 12.7. The van der Waals surface area contributed by atoms with Gasteiger partial charge in [0.15, 0.2) is 0 Å². The van der Waals surface area contributed by atoms with E-state index in [2.05, 4.69) is 5.10 Å². The third-order valence-electron chi connectivity index (χ3n) is 1.83. The van der Waals surface area contributed by atoms with Crippen molar-refractivity contribution in [1.82, 2.24) is 9.78 Å². The number of hydrogen-bond acceptors (Lipinski definition) is 2. The van der Waals surface area contributed by atoms with Gasteiger partial charge in [-0.25, -0.2) is 8.78 Å². The Labute approximate surface area is 82.7 Å². The molecule has 0 fully saturated rings. The van der Waals surface area contributed by atoms with Gasteiger partial charge in [-0.3, -0.25) is 9.48 Å². The van der Waals surface area contributed by atoms with Crippen molar-refractivity contribution in [3.05, 3.63) is 18.0 Å². The molecule has 0 atom stereocenters. The Bertz CT molecular complexity index is 361. The zero-order valence-electron chi connectivity index (χ0n) is 7.75. The first-order chi connectivity index (χ1) is 6.91. The predicted octanol–water partition coefficient (Wildman–Crippen LogP) is 1.99. The number of nitrogens with zero attached hydrogens (tertiary/aromatic N) is 2. The first-order valence-electron chi connectivity index (χ1n) is 4.13. The fourth-order valence-electron chi connectivity index (χ4n) is 1.05. The molecule has 0 saturated carbocycles. The van der Waals surface area contributed by atoms with Crippen molar-refractivity contribution in [2.45, 2.75) is 25.8 Å². The van der Waals surface area contributed by atoms with Crippen molar-refractivity contribution < 1.29 is 22.4 Å². The zero-order valence-corrected chi connectivity index (χ0v) is 7.75. The van der Waals surface area contributed by atoms with Crippen LogP contribution in [0.1, 0.15) is 17.4 Å². The van der Waals surface area contributed by atoms with Gasteiger partial charge in [-0.15, -0.1) is 0 Å². The third kappa shape index (κ3) is 2.00. The standard InChI is InChI=1S/C8H8F4N2O/c1-2-14-5(3-4-13-14)6(15)8(11,12)7(9)10/h3-4,7H,2H2,1H3. The fraction of sp³-hybridized carbons (Fsp3) is 0.500. The SMILES string of the molecule is CCn1nccc1C(=O)C(F)(F)C(F)F. The highest BCUT2D eigenvalue weighted by Gasteiger charge is 2.50. The van der Waals surface area contributed by atoms with E-state index in [-0.39, 0.29) is 6.54 Å². The van der Waals surface area contributed by atoms with E-state index >= 15 is 0 Å². The molecule has 0 aliphatic heterocycles. The maximum Gasteiger partial charge on any atom is 0.370 e. The van der Waals surface area contributed by atoms with Gasteiger partial charge in [-0.1, -0.05) is 0 Å². The van der Waals surface area contributed by atoms with E-state index in [1.54, 1.807) is 6.92 Å². The molecule has 1 heterocycles. The van der Waals surface area contributed by atoms with Crippen LogP contribution in [0.15, 0.2) is 12.3 Å². The topological polar surface area (TPSA) is 34.9 Å². The molecule has 0 aromatic carbocycles. The number of Topliss-reactive ketones (excluding diaryl/α,β-unsaturated/α-hetero) is 1. The molecule has 0 aliphatic carbocycles. The summed E-state index contributed by atoms with van der Waals surface area (Å²) in [5.41, 5.74) is -0.511. The predicted molar refractivity (Wildman–Crippen MR) is 43.2 cm³/mol. The third-order valence-corrected chi connectivity index (χ3v) is 1.83. The number of hydrogen-bond donors (Lipinski definition) is 0. The van der Waals surface area contributed by atoms with Crippen LogP contribution < -0.4 is 0 Å². The average molecular weight is 224 g/mol. The van der Waals surface area contributed by atoms with Gasteiger partial charge in [0.05, 0.1) is 0 Å². The van der Waals surface area contributed by atoms with Crippen LogP contribution >= 0.6 is 0 Å². The minimum absolute atomic E-state index is 0.160. The highest BCUT2D eigenvalue weighted by molar-refractivity contribution is 6.00. The van der Waals surface area contributed by atoms with Crippen LogP contribution in [0.4, 0.5) is 17.6 Å². The molecule has 1 rings (SSSR count). The molecule has 3 nitrogen and oxygen atoms in total. The summed E-state index contributed by atoms with van der Waals surface area (Å²) in [5.74, 6) is -6.57. The second kappa shape index (κ2) is 4.00. The first-order valence-corrected chi connectivity index (χ1v) is 4.13. The van der Waals surface area contributed by atoms with Crippen LogP contribution in [0.3, 0.4) is 0 Å². The molecular weight excluding hydrogens is 216 g/mol. The number of ketones is 1. The lowest BCUT2D eigenvalue weighted by Crippen LogP contribution is -2.37. The Morgan fingerprint density at radius 1 is 1.60 bits per heavy atom. The van der Waals surface area contributed by atoms with Gasteiger partial charge >= 0.3 is 12.3 Å². The summed E-state index contributed by atoms with van der Waals surface area (Å²) in [7, 11) is 0. The first kappa shape index (κ1) is 11.7. The minimum atomic E-state index is -4.66. The summed E-state index contributed by atoms with van der Waals surface area (Å²) in [6.07, 6.45) is -2.90. The molecule has 84 valence electrons. The van der Waals surface area contributed by atoms with Crippen LogP contribution in [0.5, 0.6) is 0 Å². The lowest BCUT2D eigenvalue weighted by Gasteiger charge is -2.13. The van der Waals surface area contributed by atoms with Crippen molar-refractivity contribution in [1.29, 1.82) is 0 Å². The van der Waals surface area contributed by atoms with E-state index in [4.69, 9.17) is 0 Å². The molecular formula is C8H8F4N2O. The average Bonchev–Trinajstić information content (AvgIpc) is 2.63. The van der Waals surface area contributed by atoms with E-state index in [0.29, 0.717) is 0 Å². The summed E-state index contributed by atoms with van der Waals surface area (Å²) in [6.45, 7) is 1.72. The Balaban J connectivity index is 3.04. The Hall–Kier alpha value is -1.40. The summed E-state index contributed by atoms with van der Waals surface area (Å²) >= 11 is 0. The summed E-state index contributed by atoms with van der Waals surface area (Å²) in [5, 5.41) is 3.55. The van der Waals surface area contributed by atoms with Crippen molar-refractivity contribution >= 4 is 5.78 Å². The largest absolute Gasteiger partial charge is 0.370 e. The lowest BCUT2D eigenvalue weighted by atomic mass is 10.1. The Morgan fingerprint density at radius 2 is 2.20 bits per heavy atom. The second-order valence-electron chi connectivity index (χ2n) is 2.78. The number of rotatable bonds is 4. The molecule has 0 aliphatic rings. The van der Waals surface area contributed by atoms with E-state index < -0.39 is 23.8 Å². The number of aromatic nitrogens is 2. The van der Waals surface area contributed by atoms with Crippen LogP contribution in [0, 0.1) is 0 Å². The quantitative estimate of drug-likeness (QED) is 0.579. The maximum absolute atomic E-state index is 12.7. The van der Waals surface area contributed by atoms with Gasteiger partial charge in [0, 0.05) is 12.7 Å². The number of carbonyl (C=O) groups is 1. The van der Waals surface area contributed by atoms with Crippen molar-refractivity contribution in [2.75, 3.05) is 0 Å². The number of carbonyl (C=O) groups excluding carboxylic acids is 1. The van der Waals surface area contributed by atoms with Gasteiger partial charge in [0.2, 0.25) is 0 Å². The molecule has 15 heavy (non-hydrogen) atoms. The number of aryl methyl sites for hydroxylation is 1. The Morgan fingerprint density at radius 3 is 2.67 bits per heavy atom. The molecule has 0 radical (unpaired) electrons. The molecule has 0 N–H and O–H groups in total. The van der Waals surface area contributed by atoms with E-state index in [0.717, 1.165) is 16.9 Å². The Kier molecular flexibility index (Phi) is 3.11. The molecule has 1 aromatic heterocycles. The smallest absolute Gasteiger partial charge is 0.285 e. The van der Waals surface area contributed by atoms with Crippen molar-refractivity contribution in [2.24, 2.45) is 0 Å². The fourth-order valence-corrected chi connectivity index (χ4v) is 1.05. The zero-order chi connectivity index (χ0) is 11.6. The monoisotopic (exact) mass is 224 g/mol. The summed E-state index contributed by atoms with van der Waals surface area (Å²) < 4.78 is 50.1. The van der Waals surface area contributed by atoms with Crippen LogP contribution in [0.25, 0.3) is 0 Å². The van der Waals surface area contributed by atoms with Crippen LogP contribution in [0.2, 0.25) is 0 Å². The molecule has 0 amide bonds.